The fraction of sp³-hybridized carbons (Fsp3) is 0.318. The van der Waals surface area contributed by atoms with E-state index in [0.29, 0.717) is 35.5 Å². The second-order valence-corrected chi connectivity index (χ2v) is 7.19. The molecule has 0 N–H and O–H groups in total. The molecule has 2 heterocycles. The second-order valence-electron chi connectivity index (χ2n) is 7.19. The molecule has 7 nitrogen and oxygen atoms in total. The van der Waals surface area contributed by atoms with E-state index < -0.39 is 0 Å². The summed E-state index contributed by atoms with van der Waals surface area (Å²) in [4.78, 5) is 31.8. The van der Waals surface area contributed by atoms with Gasteiger partial charge in [0.1, 0.15) is 6.54 Å². The lowest BCUT2D eigenvalue weighted by Gasteiger charge is -2.29. The van der Waals surface area contributed by atoms with Gasteiger partial charge in [-0.2, -0.15) is 0 Å². The smallest absolute Gasteiger partial charge is 0.261 e. The van der Waals surface area contributed by atoms with Crippen molar-refractivity contribution in [2.45, 2.75) is 26.4 Å². The van der Waals surface area contributed by atoms with Gasteiger partial charge in [0.15, 0.2) is 11.5 Å². The molecule has 29 heavy (non-hydrogen) atoms. The number of ether oxygens (including phenoxy) is 2. The first-order chi connectivity index (χ1) is 14.0. The lowest BCUT2D eigenvalue weighted by Crippen LogP contribution is -2.39. The number of carbonyl (C=O) groups excluding carboxylic acids is 1. The molecule has 0 unspecified atom stereocenters. The van der Waals surface area contributed by atoms with Crippen LogP contribution in [0.15, 0.2) is 41.5 Å². The van der Waals surface area contributed by atoms with Crippen LogP contribution < -0.4 is 15.0 Å². The molecule has 0 spiro atoms. The Morgan fingerprint density at radius 3 is 2.59 bits per heavy atom. The van der Waals surface area contributed by atoms with Gasteiger partial charge >= 0.3 is 0 Å². The van der Waals surface area contributed by atoms with Gasteiger partial charge in [0.2, 0.25) is 5.91 Å². The fourth-order valence-corrected chi connectivity index (χ4v) is 3.79. The normalized spacial score (nSPS) is 13.3. The summed E-state index contributed by atoms with van der Waals surface area (Å²) in [6.45, 7) is 2.95. The first kappa shape index (κ1) is 19.0. The molecule has 2 aromatic carbocycles. The van der Waals surface area contributed by atoms with Crippen molar-refractivity contribution in [1.82, 2.24) is 14.5 Å². The van der Waals surface area contributed by atoms with Gasteiger partial charge < -0.3 is 14.4 Å². The zero-order chi connectivity index (χ0) is 20.5. The summed E-state index contributed by atoms with van der Waals surface area (Å²) in [5.74, 6) is 1.22. The molecule has 0 aliphatic carbocycles. The van der Waals surface area contributed by atoms with Crippen molar-refractivity contribution < 1.29 is 14.3 Å². The lowest BCUT2D eigenvalue weighted by atomic mass is 9.98. The number of carbonyl (C=O) groups is 1. The van der Waals surface area contributed by atoms with Crippen LogP contribution in [0.5, 0.6) is 11.5 Å². The summed E-state index contributed by atoms with van der Waals surface area (Å²) in [6, 6.07) is 9.38. The zero-order valence-corrected chi connectivity index (χ0v) is 16.8. The summed E-state index contributed by atoms with van der Waals surface area (Å²) in [5.41, 5.74) is 3.59. The largest absolute Gasteiger partial charge is 0.493 e. The van der Waals surface area contributed by atoms with E-state index in [4.69, 9.17) is 9.47 Å². The van der Waals surface area contributed by atoms with Crippen molar-refractivity contribution >= 4 is 16.8 Å². The number of rotatable bonds is 4. The minimum absolute atomic E-state index is 0.0294. The molecule has 0 saturated carbocycles. The first-order valence-corrected chi connectivity index (χ1v) is 9.48. The summed E-state index contributed by atoms with van der Waals surface area (Å²) in [5, 5.41) is 0.529. The molecular formula is C22H23N3O4. The highest BCUT2D eigenvalue weighted by Crippen LogP contribution is 2.33. The molecule has 4 rings (SSSR count). The van der Waals surface area contributed by atoms with Crippen LogP contribution in [0, 0.1) is 6.92 Å². The lowest BCUT2D eigenvalue weighted by molar-refractivity contribution is -0.132. The van der Waals surface area contributed by atoms with Crippen LogP contribution in [0.1, 0.15) is 16.7 Å². The quantitative estimate of drug-likeness (QED) is 0.680. The number of hydrogen-bond acceptors (Lipinski definition) is 5. The maximum Gasteiger partial charge on any atom is 0.261 e. The standard InChI is InChI=1S/C22H23N3O4/c1-14-5-4-6-17-21(14)23-13-25(22(17)27)12-20(26)24-8-7-15-9-18(28-2)19(29-3)10-16(15)11-24/h4-6,9-10,13H,7-8,11-12H2,1-3H3. The van der Waals surface area contributed by atoms with Crippen LogP contribution in [0.2, 0.25) is 0 Å². The molecule has 0 bridgehead atoms. The number of fused-ring (bicyclic) bond motifs is 2. The molecule has 7 heteroatoms. The Bertz CT molecular complexity index is 1150. The molecular weight excluding hydrogens is 370 g/mol. The zero-order valence-electron chi connectivity index (χ0n) is 16.8. The van der Waals surface area contributed by atoms with Gasteiger partial charge in [-0.15, -0.1) is 0 Å². The van der Waals surface area contributed by atoms with Crippen molar-refractivity contribution in [2.24, 2.45) is 0 Å². The SMILES string of the molecule is COc1cc2c(cc1OC)CN(C(=O)Cn1cnc3c(C)cccc3c1=O)CC2. The van der Waals surface area contributed by atoms with E-state index in [-0.39, 0.29) is 18.0 Å². The summed E-state index contributed by atoms with van der Waals surface area (Å²) in [6.07, 6.45) is 2.19. The van der Waals surface area contributed by atoms with Crippen LogP contribution in [0.4, 0.5) is 0 Å². The number of para-hydroxylation sites is 1. The van der Waals surface area contributed by atoms with E-state index in [0.717, 1.165) is 23.1 Å². The van der Waals surface area contributed by atoms with Gasteiger partial charge in [-0.1, -0.05) is 12.1 Å². The monoisotopic (exact) mass is 393 g/mol. The molecule has 0 radical (unpaired) electrons. The molecule has 1 amide bonds. The van der Waals surface area contributed by atoms with Crippen molar-refractivity contribution in [3.05, 3.63) is 63.7 Å². The van der Waals surface area contributed by atoms with Crippen LogP contribution in [-0.2, 0) is 24.3 Å². The molecule has 1 aliphatic rings. The third-order valence-corrected chi connectivity index (χ3v) is 5.43. The van der Waals surface area contributed by atoms with E-state index in [2.05, 4.69) is 4.98 Å². The van der Waals surface area contributed by atoms with Crippen molar-refractivity contribution in [3.63, 3.8) is 0 Å². The molecule has 0 atom stereocenters. The van der Waals surface area contributed by atoms with E-state index in [1.165, 1.54) is 10.9 Å². The number of benzene rings is 2. The number of amides is 1. The maximum absolute atomic E-state index is 12.9. The Labute approximate surface area is 168 Å². The van der Waals surface area contributed by atoms with Crippen LogP contribution in [0.25, 0.3) is 10.9 Å². The number of aryl methyl sites for hydroxylation is 1. The summed E-state index contributed by atoms with van der Waals surface area (Å²) in [7, 11) is 3.20. The fourth-order valence-electron chi connectivity index (χ4n) is 3.79. The van der Waals surface area contributed by atoms with Gasteiger partial charge in [-0.3, -0.25) is 14.2 Å². The number of nitrogens with zero attached hydrogens (tertiary/aromatic N) is 3. The van der Waals surface area contributed by atoms with E-state index >= 15 is 0 Å². The highest BCUT2D eigenvalue weighted by Gasteiger charge is 2.23. The van der Waals surface area contributed by atoms with Gasteiger partial charge in [0.25, 0.3) is 5.56 Å². The predicted molar refractivity (Wildman–Crippen MR) is 109 cm³/mol. The van der Waals surface area contributed by atoms with Crippen molar-refractivity contribution in [2.75, 3.05) is 20.8 Å². The van der Waals surface area contributed by atoms with Gasteiger partial charge in [0.05, 0.1) is 31.4 Å². The topological polar surface area (TPSA) is 73.7 Å². The van der Waals surface area contributed by atoms with E-state index in [9.17, 15) is 9.59 Å². The van der Waals surface area contributed by atoms with Crippen LogP contribution >= 0.6 is 0 Å². The molecule has 3 aromatic rings. The Kier molecular flexibility index (Phi) is 4.96. The minimum atomic E-state index is -0.198. The van der Waals surface area contributed by atoms with Gasteiger partial charge in [-0.25, -0.2) is 4.98 Å². The Balaban J connectivity index is 1.57. The maximum atomic E-state index is 12.9. The summed E-state index contributed by atoms with van der Waals surface area (Å²) >= 11 is 0. The molecule has 1 aliphatic heterocycles. The van der Waals surface area contributed by atoms with Gasteiger partial charge in [-0.05, 0) is 48.2 Å². The van der Waals surface area contributed by atoms with E-state index in [1.54, 1.807) is 25.2 Å². The third kappa shape index (κ3) is 3.44. The van der Waals surface area contributed by atoms with Crippen molar-refractivity contribution in [1.29, 1.82) is 0 Å². The highest BCUT2D eigenvalue weighted by molar-refractivity contribution is 5.81. The summed E-state index contributed by atoms with van der Waals surface area (Å²) < 4.78 is 12.1. The first-order valence-electron chi connectivity index (χ1n) is 9.48. The predicted octanol–water partition coefficient (Wildman–Crippen LogP) is 2.31. The highest BCUT2D eigenvalue weighted by atomic mass is 16.5. The number of aromatic nitrogens is 2. The minimum Gasteiger partial charge on any atom is -0.493 e. The number of hydrogen-bond donors (Lipinski definition) is 0. The molecule has 0 fully saturated rings. The van der Waals surface area contributed by atoms with Crippen molar-refractivity contribution in [3.8, 4) is 11.5 Å². The third-order valence-electron chi connectivity index (χ3n) is 5.43. The Morgan fingerprint density at radius 2 is 1.86 bits per heavy atom. The average Bonchev–Trinajstić information content (AvgIpc) is 2.74. The van der Waals surface area contributed by atoms with Crippen LogP contribution in [-0.4, -0.2) is 41.1 Å². The number of methoxy groups -OCH3 is 2. The average molecular weight is 393 g/mol. The molecule has 0 saturated heterocycles. The van der Waals surface area contributed by atoms with Gasteiger partial charge in [0, 0.05) is 13.1 Å². The van der Waals surface area contributed by atoms with Crippen LogP contribution in [0.3, 0.4) is 0 Å². The molecule has 150 valence electrons. The Morgan fingerprint density at radius 1 is 1.14 bits per heavy atom. The van der Waals surface area contributed by atoms with E-state index in [1.807, 2.05) is 31.2 Å². The molecule has 1 aromatic heterocycles. The Hall–Kier alpha value is -3.35. The second kappa shape index (κ2) is 7.58.